The number of likely N-dealkylation sites (tertiary alicyclic amines) is 2. The highest BCUT2D eigenvalue weighted by Crippen LogP contribution is 2.33. The molecule has 4 amide bonds. The Balaban J connectivity index is 0.901. The quantitative estimate of drug-likeness (QED) is 0.183. The van der Waals surface area contributed by atoms with E-state index in [1.165, 1.54) is 5.56 Å². The van der Waals surface area contributed by atoms with Gasteiger partial charge in [-0.25, -0.2) is 13.8 Å². The summed E-state index contributed by atoms with van der Waals surface area (Å²) in [6.45, 7) is 7.07. The van der Waals surface area contributed by atoms with Crippen LogP contribution in [0.15, 0.2) is 60.9 Å². The number of halogens is 2. The second-order valence-corrected chi connectivity index (χ2v) is 14.7. The lowest BCUT2D eigenvalue weighted by molar-refractivity contribution is -0.134. The van der Waals surface area contributed by atoms with Gasteiger partial charge in [-0.05, 0) is 94.8 Å². The van der Waals surface area contributed by atoms with Gasteiger partial charge in [-0.3, -0.25) is 29.4 Å². The highest BCUT2D eigenvalue weighted by molar-refractivity contribution is 6.05. The Bertz CT molecular complexity index is 2040. The third-order valence-corrected chi connectivity index (χ3v) is 10.5. The number of aromatic nitrogens is 2. The van der Waals surface area contributed by atoms with Crippen molar-refractivity contribution in [2.24, 2.45) is 0 Å². The van der Waals surface area contributed by atoms with Crippen LogP contribution in [0.3, 0.4) is 0 Å². The number of carbonyl (C=O) groups is 4. The number of imide groups is 1. The van der Waals surface area contributed by atoms with Gasteiger partial charge in [0.2, 0.25) is 17.7 Å². The van der Waals surface area contributed by atoms with Gasteiger partial charge >= 0.3 is 0 Å². The normalized spacial score (nSPS) is 18.9. The standard InChI is InChI=1S/C40H45F2N7O5/c1-24(2)54-35-20-36-44-33(21-49(36)22-34(35)45-39(52)30-8-5-28(41)19-31(30)42)27-11-15-47(16-12-27)23-38(51)48-17-13-26(14-18-48)25-3-6-29(7-4-25)43-32-9-10-37(50)46-40(32)53/h3-8,19-22,24,26-27,32,43H,9-18,23H2,1-2H3,(H,45,52)(H,46,50,53). The number of nitrogens with one attached hydrogen (secondary N) is 3. The fraction of sp³-hybridized carbons (Fsp3) is 0.425. The first-order chi connectivity index (χ1) is 26.0. The van der Waals surface area contributed by atoms with Crippen molar-refractivity contribution in [3.05, 3.63) is 89.4 Å². The van der Waals surface area contributed by atoms with E-state index in [1.807, 2.05) is 41.5 Å². The Labute approximate surface area is 312 Å². The largest absolute Gasteiger partial charge is 0.489 e. The van der Waals surface area contributed by atoms with Crippen LogP contribution >= 0.6 is 0 Å². The van der Waals surface area contributed by atoms with Crippen molar-refractivity contribution in [3.8, 4) is 5.75 Å². The van der Waals surface area contributed by atoms with Gasteiger partial charge in [0.05, 0.1) is 23.9 Å². The molecule has 1 unspecified atom stereocenters. The molecule has 7 rings (SSSR count). The smallest absolute Gasteiger partial charge is 0.258 e. The molecule has 2 aromatic carbocycles. The molecule has 0 spiro atoms. The Hall–Kier alpha value is -5.37. The molecule has 0 bridgehead atoms. The lowest BCUT2D eigenvalue weighted by Crippen LogP contribution is -2.47. The summed E-state index contributed by atoms with van der Waals surface area (Å²) in [5.74, 6) is -1.87. The van der Waals surface area contributed by atoms with E-state index in [0.29, 0.717) is 61.5 Å². The highest BCUT2D eigenvalue weighted by atomic mass is 19.1. The molecule has 3 aliphatic heterocycles. The number of piperidine rings is 3. The topological polar surface area (TPSA) is 137 Å². The number of ether oxygens (including phenoxy) is 1. The van der Waals surface area contributed by atoms with E-state index < -0.39 is 23.6 Å². The average molecular weight is 742 g/mol. The molecule has 4 aromatic rings. The molecular formula is C40H45F2N7O5. The number of nitrogens with zero attached hydrogens (tertiary/aromatic N) is 4. The van der Waals surface area contributed by atoms with Gasteiger partial charge in [-0.15, -0.1) is 0 Å². The number of imidazole rings is 1. The van der Waals surface area contributed by atoms with Crippen molar-refractivity contribution in [2.45, 2.75) is 76.4 Å². The zero-order valence-corrected chi connectivity index (χ0v) is 30.4. The number of hydrogen-bond acceptors (Lipinski definition) is 8. The van der Waals surface area contributed by atoms with Crippen LogP contribution in [0, 0.1) is 11.6 Å². The van der Waals surface area contributed by atoms with E-state index in [1.54, 1.807) is 12.3 Å². The maximum Gasteiger partial charge on any atom is 0.258 e. The van der Waals surface area contributed by atoms with Gasteiger partial charge in [0.15, 0.2) is 0 Å². The average Bonchev–Trinajstić information content (AvgIpc) is 3.56. The molecule has 54 heavy (non-hydrogen) atoms. The zero-order chi connectivity index (χ0) is 37.9. The van der Waals surface area contributed by atoms with E-state index >= 15 is 0 Å². The van der Waals surface area contributed by atoms with E-state index in [2.05, 4.69) is 33.0 Å². The maximum atomic E-state index is 14.3. The van der Waals surface area contributed by atoms with Crippen molar-refractivity contribution in [1.82, 2.24) is 24.5 Å². The fourth-order valence-corrected chi connectivity index (χ4v) is 7.57. The van der Waals surface area contributed by atoms with Gasteiger partial charge in [0, 0.05) is 55.6 Å². The molecule has 12 nitrogen and oxygen atoms in total. The molecule has 2 aromatic heterocycles. The summed E-state index contributed by atoms with van der Waals surface area (Å²) in [7, 11) is 0. The van der Waals surface area contributed by atoms with Crippen molar-refractivity contribution < 1.29 is 32.7 Å². The maximum absolute atomic E-state index is 14.3. The summed E-state index contributed by atoms with van der Waals surface area (Å²) >= 11 is 0. The monoisotopic (exact) mass is 741 g/mol. The van der Waals surface area contributed by atoms with Gasteiger partial charge in [-0.2, -0.15) is 0 Å². The van der Waals surface area contributed by atoms with Crippen LogP contribution in [-0.4, -0.2) is 87.7 Å². The summed E-state index contributed by atoms with van der Waals surface area (Å²) < 4.78 is 35.5. The van der Waals surface area contributed by atoms with Crippen LogP contribution < -0.4 is 20.7 Å². The van der Waals surface area contributed by atoms with Crippen molar-refractivity contribution in [1.29, 1.82) is 0 Å². The summed E-state index contributed by atoms with van der Waals surface area (Å²) in [5.41, 5.74) is 3.67. The van der Waals surface area contributed by atoms with E-state index in [0.717, 1.165) is 62.3 Å². The summed E-state index contributed by atoms with van der Waals surface area (Å²) in [5, 5.41) is 8.31. The number of hydrogen-bond donors (Lipinski definition) is 3. The molecule has 0 aliphatic carbocycles. The first-order valence-electron chi connectivity index (χ1n) is 18.6. The van der Waals surface area contributed by atoms with Gasteiger partial charge in [-0.1, -0.05) is 12.1 Å². The van der Waals surface area contributed by atoms with Crippen LogP contribution in [0.4, 0.5) is 20.2 Å². The van der Waals surface area contributed by atoms with Crippen LogP contribution in [0.1, 0.15) is 85.8 Å². The predicted octanol–water partition coefficient (Wildman–Crippen LogP) is 5.45. The second-order valence-electron chi connectivity index (χ2n) is 14.7. The van der Waals surface area contributed by atoms with Crippen molar-refractivity contribution in [2.75, 3.05) is 43.4 Å². The Morgan fingerprint density at radius 1 is 0.926 bits per heavy atom. The number of pyridine rings is 1. The Kier molecular flexibility index (Phi) is 10.9. The molecule has 14 heteroatoms. The minimum Gasteiger partial charge on any atom is -0.489 e. The Morgan fingerprint density at radius 2 is 1.65 bits per heavy atom. The van der Waals surface area contributed by atoms with Crippen LogP contribution in [-0.2, 0) is 14.4 Å². The SMILES string of the molecule is CC(C)Oc1cc2nc(C3CCN(CC(=O)N4CCC(c5ccc(NC6CCC(=O)NC6=O)cc5)CC4)CC3)cn2cc1NC(=O)c1ccc(F)cc1F. The third-order valence-electron chi connectivity index (χ3n) is 10.5. The van der Waals surface area contributed by atoms with Crippen LogP contribution in [0.2, 0.25) is 0 Å². The van der Waals surface area contributed by atoms with E-state index in [4.69, 9.17) is 9.72 Å². The van der Waals surface area contributed by atoms with Gasteiger partial charge in [0.25, 0.3) is 5.91 Å². The molecule has 3 fully saturated rings. The molecule has 3 aliphatic rings. The number of rotatable bonds is 10. The molecule has 0 saturated carbocycles. The fourth-order valence-electron chi connectivity index (χ4n) is 7.57. The summed E-state index contributed by atoms with van der Waals surface area (Å²) in [4.78, 5) is 58.8. The predicted molar refractivity (Wildman–Crippen MR) is 198 cm³/mol. The first kappa shape index (κ1) is 37.0. The molecule has 3 saturated heterocycles. The summed E-state index contributed by atoms with van der Waals surface area (Å²) in [6, 6.07) is 12.3. The number of amides is 4. The van der Waals surface area contributed by atoms with E-state index in [9.17, 15) is 28.0 Å². The lowest BCUT2D eigenvalue weighted by Gasteiger charge is -2.35. The lowest BCUT2D eigenvalue weighted by atomic mass is 9.89. The molecular weight excluding hydrogens is 696 g/mol. The highest BCUT2D eigenvalue weighted by Gasteiger charge is 2.29. The number of benzene rings is 2. The third kappa shape index (κ3) is 8.54. The number of anilines is 2. The van der Waals surface area contributed by atoms with Crippen LogP contribution in [0.5, 0.6) is 5.75 Å². The molecule has 1 atom stereocenters. The van der Waals surface area contributed by atoms with Crippen LogP contribution in [0.25, 0.3) is 5.65 Å². The van der Waals surface area contributed by atoms with Crippen molar-refractivity contribution in [3.63, 3.8) is 0 Å². The minimum absolute atomic E-state index is 0.149. The van der Waals surface area contributed by atoms with Crippen molar-refractivity contribution >= 4 is 40.7 Å². The van der Waals surface area contributed by atoms with E-state index in [-0.39, 0.29) is 35.3 Å². The second kappa shape index (κ2) is 15.9. The number of carbonyl (C=O) groups excluding carboxylic acids is 4. The molecule has 0 radical (unpaired) electrons. The summed E-state index contributed by atoms with van der Waals surface area (Å²) in [6.07, 6.45) is 7.69. The van der Waals surface area contributed by atoms with Gasteiger partial charge in [0.1, 0.15) is 34.8 Å². The Morgan fingerprint density at radius 3 is 2.33 bits per heavy atom. The minimum atomic E-state index is -0.954. The number of fused-ring (bicyclic) bond motifs is 1. The molecule has 3 N–H and O–H groups in total. The molecule has 5 heterocycles. The zero-order valence-electron chi connectivity index (χ0n) is 30.4. The van der Waals surface area contributed by atoms with Gasteiger partial charge < -0.3 is 24.7 Å². The molecule has 284 valence electrons. The first-order valence-corrected chi connectivity index (χ1v) is 18.6.